The van der Waals surface area contributed by atoms with E-state index in [9.17, 15) is 0 Å². The average molecular weight is 434 g/mol. The summed E-state index contributed by atoms with van der Waals surface area (Å²) in [4.78, 5) is 41.3. The van der Waals surface area contributed by atoms with Gasteiger partial charge in [0.1, 0.15) is 0 Å². The second kappa shape index (κ2) is 14.2. The summed E-state index contributed by atoms with van der Waals surface area (Å²) in [6.45, 7) is 6.29. The topological polar surface area (TPSA) is 182 Å². The fourth-order valence-corrected chi connectivity index (χ4v) is 2.40. The lowest BCUT2D eigenvalue weighted by atomic mass is 10.2. The number of hydrogen-bond donors (Lipinski definition) is 5. The summed E-state index contributed by atoms with van der Waals surface area (Å²) in [7, 11) is 0. The van der Waals surface area contributed by atoms with Crippen molar-refractivity contribution in [3.8, 4) is 0 Å². The first kappa shape index (κ1) is 26.1. The lowest BCUT2D eigenvalue weighted by Crippen LogP contribution is -2.46. The van der Waals surface area contributed by atoms with Crippen molar-refractivity contribution >= 4 is 41.2 Å². The van der Waals surface area contributed by atoms with Gasteiger partial charge < -0.3 is 31.1 Å². The van der Waals surface area contributed by atoms with Crippen LogP contribution in [0.5, 0.6) is 0 Å². The molecule has 0 radical (unpaired) electrons. The number of carbonyl (C=O) groups is 4. The van der Waals surface area contributed by atoms with Crippen molar-refractivity contribution in [1.29, 1.82) is 0 Å². The Kier molecular flexibility index (Phi) is 12.7. The minimum atomic E-state index is -1.82. The molecule has 0 spiro atoms. The third kappa shape index (κ3) is 12.2. The number of hydrogen-bond acceptors (Lipinski definition) is 7. The number of nitrogens with zero attached hydrogens (tertiary/aromatic N) is 2. The number of nitrogens with two attached hydrogens (primary N) is 1. The summed E-state index contributed by atoms with van der Waals surface area (Å²) in [6, 6.07) is 8.10. The van der Waals surface area contributed by atoms with Crippen molar-refractivity contribution in [1.82, 2.24) is 4.90 Å². The van der Waals surface area contributed by atoms with Crippen LogP contribution in [0.1, 0.15) is 6.42 Å². The minimum absolute atomic E-state index is 0.786. The lowest BCUT2D eigenvalue weighted by molar-refractivity contribution is -0.159. The zero-order valence-corrected chi connectivity index (χ0v) is 16.3. The van der Waals surface area contributed by atoms with Gasteiger partial charge in [-0.1, -0.05) is 17.7 Å². The Bertz CT molecular complexity index is 645. The van der Waals surface area contributed by atoms with Gasteiger partial charge in [-0.3, -0.25) is 4.90 Å². The molecule has 11 nitrogen and oxygen atoms in total. The van der Waals surface area contributed by atoms with Crippen LogP contribution in [-0.4, -0.2) is 88.5 Å². The third-order valence-electron chi connectivity index (χ3n) is 3.59. The average Bonchev–Trinajstić information content (AvgIpc) is 2.67. The SMILES string of the molecule is NCCCN1CCN(c2cccc(Cl)c2)CC1.O=C(O)C(=O)O.O=C(O)C(=O)O. The molecular formula is C17H24ClN3O8. The lowest BCUT2D eigenvalue weighted by Gasteiger charge is -2.36. The van der Waals surface area contributed by atoms with Crippen molar-refractivity contribution in [2.24, 2.45) is 5.73 Å². The van der Waals surface area contributed by atoms with Gasteiger partial charge in [0, 0.05) is 36.9 Å². The van der Waals surface area contributed by atoms with E-state index in [0.29, 0.717) is 0 Å². The van der Waals surface area contributed by atoms with Crippen LogP contribution in [-0.2, 0) is 19.2 Å². The molecule has 0 aliphatic carbocycles. The van der Waals surface area contributed by atoms with Gasteiger partial charge >= 0.3 is 23.9 Å². The predicted octanol–water partition coefficient (Wildman–Crippen LogP) is 0.122. The molecule has 12 heteroatoms. The van der Waals surface area contributed by atoms with E-state index in [1.54, 1.807) is 0 Å². The van der Waals surface area contributed by atoms with Crippen LogP contribution in [0.25, 0.3) is 0 Å². The first-order valence-electron chi connectivity index (χ1n) is 8.43. The summed E-state index contributed by atoms with van der Waals surface area (Å²) in [5, 5.41) is 30.4. The maximum absolute atomic E-state index is 9.10. The molecule has 1 aromatic carbocycles. The number of carboxylic acid groups (broad SMARTS) is 4. The number of anilines is 1. The van der Waals surface area contributed by atoms with E-state index in [1.165, 1.54) is 5.69 Å². The van der Waals surface area contributed by atoms with Crippen LogP contribution in [0.3, 0.4) is 0 Å². The Morgan fingerprint density at radius 3 is 1.76 bits per heavy atom. The van der Waals surface area contributed by atoms with Gasteiger partial charge in [0.15, 0.2) is 0 Å². The molecule has 162 valence electrons. The van der Waals surface area contributed by atoms with Crippen molar-refractivity contribution < 1.29 is 39.6 Å². The van der Waals surface area contributed by atoms with E-state index in [0.717, 1.165) is 50.7 Å². The highest BCUT2D eigenvalue weighted by Gasteiger charge is 2.16. The Morgan fingerprint density at radius 1 is 0.897 bits per heavy atom. The maximum Gasteiger partial charge on any atom is 0.414 e. The number of rotatable bonds is 4. The monoisotopic (exact) mass is 433 g/mol. The minimum Gasteiger partial charge on any atom is -0.473 e. The second-order valence-corrected chi connectivity index (χ2v) is 6.11. The Balaban J connectivity index is 0.000000542. The fourth-order valence-electron chi connectivity index (χ4n) is 2.22. The van der Waals surface area contributed by atoms with Gasteiger partial charge in [-0.15, -0.1) is 0 Å². The molecule has 0 atom stereocenters. The predicted molar refractivity (Wildman–Crippen MR) is 104 cm³/mol. The van der Waals surface area contributed by atoms with Crippen LogP contribution in [0, 0.1) is 0 Å². The van der Waals surface area contributed by atoms with Crippen molar-refractivity contribution in [2.75, 3.05) is 44.2 Å². The van der Waals surface area contributed by atoms with E-state index < -0.39 is 23.9 Å². The molecule has 1 aromatic rings. The molecule has 29 heavy (non-hydrogen) atoms. The number of benzene rings is 1. The van der Waals surface area contributed by atoms with Gasteiger partial charge in [-0.2, -0.15) is 0 Å². The van der Waals surface area contributed by atoms with Crippen LogP contribution < -0.4 is 10.6 Å². The Morgan fingerprint density at radius 2 is 1.38 bits per heavy atom. The van der Waals surface area contributed by atoms with E-state index in [4.69, 9.17) is 56.9 Å². The second-order valence-electron chi connectivity index (χ2n) is 5.67. The van der Waals surface area contributed by atoms with Crippen LogP contribution >= 0.6 is 11.6 Å². The molecule has 0 unspecified atom stereocenters. The van der Waals surface area contributed by atoms with Crippen LogP contribution in [0.2, 0.25) is 5.02 Å². The first-order valence-corrected chi connectivity index (χ1v) is 8.81. The number of piperazine rings is 1. The van der Waals surface area contributed by atoms with Gasteiger partial charge in [0.25, 0.3) is 0 Å². The van der Waals surface area contributed by atoms with Gasteiger partial charge in [0.2, 0.25) is 0 Å². The number of halogens is 1. The molecule has 1 fully saturated rings. The largest absolute Gasteiger partial charge is 0.473 e. The highest BCUT2D eigenvalue weighted by atomic mass is 35.5. The van der Waals surface area contributed by atoms with E-state index in [-0.39, 0.29) is 0 Å². The molecule has 1 aliphatic heterocycles. The van der Waals surface area contributed by atoms with E-state index in [1.807, 2.05) is 18.2 Å². The molecule has 0 aromatic heterocycles. The van der Waals surface area contributed by atoms with Gasteiger partial charge in [-0.05, 0) is 37.7 Å². The molecule has 6 N–H and O–H groups in total. The molecule has 1 heterocycles. The van der Waals surface area contributed by atoms with Crippen molar-refractivity contribution in [3.05, 3.63) is 29.3 Å². The highest BCUT2D eigenvalue weighted by Crippen LogP contribution is 2.20. The van der Waals surface area contributed by atoms with Crippen molar-refractivity contribution in [3.63, 3.8) is 0 Å². The molecule has 1 aliphatic rings. The quantitative estimate of drug-likeness (QED) is 0.406. The molecular weight excluding hydrogens is 410 g/mol. The number of carboxylic acids is 4. The molecule has 0 bridgehead atoms. The number of aliphatic carboxylic acids is 4. The Hall–Kier alpha value is -2.89. The zero-order chi connectivity index (χ0) is 22.4. The van der Waals surface area contributed by atoms with Crippen LogP contribution in [0.4, 0.5) is 5.69 Å². The zero-order valence-electron chi connectivity index (χ0n) is 15.5. The van der Waals surface area contributed by atoms with E-state index in [2.05, 4.69) is 15.9 Å². The molecule has 0 saturated carbocycles. The molecule has 2 rings (SSSR count). The first-order chi connectivity index (χ1) is 13.6. The summed E-state index contributed by atoms with van der Waals surface area (Å²) < 4.78 is 0. The van der Waals surface area contributed by atoms with Crippen molar-refractivity contribution in [2.45, 2.75) is 6.42 Å². The van der Waals surface area contributed by atoms with Crippen LogP contribution in [0.15, 0.2) is 24.3 Å². The normalized spacial score (nSPS) is 13.2. The summed E-state index contributed by atoms with van der Waals surface area (Å²) >= 11 is 6.01. The van der Waals surface area contributed by atoms with Gasteiger partial charge in [0.05, 0.1) is 0 Å². The summed E-state index contributed by atoms with van der Waals surface area (Å²) in [5.41, 5.74) is 6.76. The smallest absolute Gasteiger partial charge is 0.414 e. The van der Waals surface area contributed by atoms with E-state index >= 15 is 0 Å². The summed E-state index contributed by atoms with van der Waals surface area (Å²) in [6.07, 6.45) is 1.09. The maximum atomic E-state index is 9.10. The third-order valence-corrected chi connectivity index (χ3v) is 3.83. The fraction of sp³-hybridized carbons (Fsp3) is 0.412. The Labute approximate surface area is 171 Å². The van der Waals surface area contributed by atoms with Gasteiger partial charge in [-0.25, -0.2) is 19.2 Å². The highest BCUT2D eigenvalue weighted by molar-refractivity contribution is 6.30. The summed E-state index contributed by atoms with van der Waals surface area (Å²) in [5.74, 6) is -7.30. The standard InChI is InChI=1S/C13H20ClN3.2C2H2O4/c14-12-3-1-4-13(11-12)17-9-7-16(8-10-17)6-2-5-15;2*3-1(4)2(5)6/h1,3-4,11H,2,5-10,15H2;2*(H,3,4)(H,5,6). The molecule has 0 amide bonds. The molecule has 1 saturated heterocycles.